The maximum atomic E-state index is 11.9. The fourth-order valence-corrected chi connectivity index (χ4v) is 2.74. The van der Waals surface area contributed by atoms with Crippen molar-refractivity contribution >= 4 is 30.9 Å². The Bertz CT molecular complexity index is 720. The lowest BCUT2D eigenvalue weighted by molar-refractivity contribution is -0.196. The molecule has 0 aliphatic heterocycles. The number of aliphatic hydroxyl groups excluding tert-OH is 2. The van der Waals surface area contributed by atoms with Crippen molar-refractivity contribution in [2.24, 2.45) is 0 Å². The second-order valence-electron chi connectivity index (χ2n) is 5.93. The summed E-state index contributed by atoms with van der Waals surface area (Å²) < 4.78 is 9.60. The number of rotatable bonds is 5. The monoisotopic (exact) mass is 386 g/mol. The number of hydrogen-bond acceptors (Lipinski definition) is 9. The number of esters is 1. The fourth-order valence-electron chi connectivity index (χ4n) is 2.60. The molecule has 0 spiro atoms. The van der Waals surface area contributed by atoms with Gasteiger partial charge in [-0.3, -0.25) is 0 Å². The van der Waals surface area contributed by atoms with Crippen LogP contribution in [0.25, 0.3) is 6.08 Å². The van der Waals surface area contributed by atoms with Gasteiger partial charge in [-0.15, -0.1) is 0 Å². The summed E-state index contributed by atoms with van der Waals surface area (Å²) in [6, 6.07) is 4.21. The topological polar surface area (TPSA) is 154 Å². The van der Waals surface area contributed by atoms with Crippen molar-refractivity contribution in [1.82, 2.24) is 0 Å². The van der Waals surface area contributed by atoms with Crippen molar-refractivity contribution in [1.29, 1.82) is 0 Å². The molecular formula is C16H18O9S. The molecule has 5 N–H and O–H groups in total. The van der Waals surface area contributed by atoms with Crippen LogP contribution in [-0.2, 0) is 14.3 Å². The van der Waals surface area contributed by atoms with Gasteiger partial charge in [0, 0.05) is 31.8 Å². The first-order valence-electron chi connectivity index (χ1n) is 7.51. The van der Waals surface area contributed by atoms with Gasteiger partial charge in [0.25, 0.3) is 0 Å². The summed E-state index contributed by atoms with van der Waals surface area (Å²) in [6.07, 6.45) is -3.28. The average molecular weight is 386 g/mol. The molecule has 0 radical (unpaired) electrons. The van der Waals surface area contributed by atoms with E-state index >= 15 is 0 Å². The quantitative estimate of drug-likeness (QED) is 0.176. The zero-order valence-electron chi connectivity index (χ0n) is 13.3. The van der Waals surface area contributed by atoms with E-state index in [2.05, 4.69) is 17.1 Å². The van der Waals surface area contributed by atoms with E-state index in [-0.39, 0.29) is 11.5 Å². The molecule has 2 rings (SSSR count). The van der Waals surface area contributed by atoms with Crippen LogP contribution >= 0.6 is 12.9 Å². The molecule has 142 valence electrons. The lowest BCUT2D eigenvalue weighted by Crippen LogP contribution is -2.57. The van der Waals surface area contributed by atoms with Crippen LogP contribution in [0.3, 0.4) is 0 Å². The van der Waals surface area contributed by atoms with Gasteiger partial charge in [0.05, 0.1) is 6.10 Å². The summed E-state index contributed by atoms with van der Waals surface area (Å²) in [6.45, 7) is 0. The van der Waals surface area contributed by atoms with E-state index in [1.807, 2.05) is 0 Å². The zero-order valence-corrected chi connectivity index (χ0v) is 14.2. The van der Waals surface area contributed by atoms with E-state index in [1.165, 1.54) is 24.3 Å². The van der Waals surface area contributed by atoms with Crippen molar-refractivity contribution in [3.63, 3.8) is 0 Å². The molecule has 0 amide bonds. The van der Waals surface area contributed by atoms with Gasteiger partial charge < -0.3 is 34.5 Å². The molecule has 0 aromatic heterocycles. The Hall–Kier alpha value is -2.27. The number of aromatic hydroxyl groups is 1. The van der Waals surface area contributed by atoms with E-state index in [9.17, 15) is 30.0 Å². The summed E-state index contributed by atoms with van der Waals surface area (Å²) in [7, 11) is 0. The number of aliphatic hydroxyl groups is 3. The number of benzene rings is 1. The van der Waals surface area contributed by atoms with E-state index < -0.39 is 48.7 Å². The molecule has 9 nitrogen and oxygen atoms in total. The largest absolute Gasteiger partial charge is 0.504 e. The number of carboxylic acid groups (broad SMARTS) is 1. The SMILES string of the molecule is O=C(/C=C\c1ccc(O)c(OS)c1)O[C@@H]1C[C@](O)(C(=O)O)C[C@@H](O)[C@H]1O. The number of phenolic OH excluding ortho intramolecular Hbond substituents is 1. The highest BCUT2D eigenvalue weighted by atomic mass is 32.1. The van der Waals surface area contributed by atoms with Crippen molar-refractivity contribution in [2.75, 3.05) is 0 Å². The van der Waals surface area contributed by atoms with Gasteiger partial charge in [-0.2, -0.15) is 0 Å². The molecule has 10 heteroatoms. The third-order valence-corrected chi connectivity index (χ3v) is 4.22. The molecular weight excluding hydrogens is 368 g/mol. The number of carbonyl (C=O) groups excluding carboxylic acids is 1. The van der Waals surface area contributed by atoms with Gasteiger partial charge in [0.15, 0.2) is 17.1 Å². The Labute approximate surface area is 153 Å². The third kappa shape index (κ3) is 4.47. The van der Waals surface area contributed by atoms with Crippen molar-refractivity contribution in [3.05, 3.63) is 29.8 Å². The van der Waals surface area contributed by atoms with Crippen LogP contribution < -0.4 is 4.18 Å². The van der Waals surface area contributed by atoms with Gasteiger partial charge in [0.1, 0.15) is 12.2 Å². The maximum Gasteiger partial charge on any atom is 0.335 e. The molecule has 0 saturated heterocycles. The third-order valence-electron chi connectivity index (χ3n) is 4.02. The van der Waals surface area contributed by atoms with Gasteiger partial charge in [-0.25, -0.2) is 9.59 Å². The minimum absolute atomic E-state index is 0.0706. The number of phenols is 1. The molecule has 1 fully saturated rings. The molecule has 1 aromatic rings. The van der Waals surface area contributed by atoms with E-state index in [0.29, 0.717) is 5.56 Å². The molecule has 0 heterocycles. The normalized spacial score (nSPS) is 28.7. The molecule has 1 aliphatic carbocycles. The number of thiol groups is 1. The average Bonchev–Trinajstić information content (AvgIpc) is 2.58. The second kappa shape index (κ2) is 7.96. The number of ether oxygens (including phenoxy) is 1. The number of hydrogen-bond donors (Lipinski definition) is 6. The second-order valence-corrected chi connectivity index (χ2v) is 6.11. The maximum absolute atomic E-state index is 11.9. The molecule has 4 atom stereocenters. The van der Waals surface area contributed by atoms with Crippen LogP contribution in [0.1, 0.15) is 18.4 Å². The van der Waals surface area contributed by atoms with Crippen molar-refractivity contribution in [2.45, 2.75) is 36.8 Å². The highest BCUT2D eigenvalue weighted by Crippen LogP contribution is 2.31. The van der Waals surface area contributed by atoms with Crippen LogP contribution in [0, 0.1) is 0 Å². The predicted octanol–water partition coefficient (Wildman–Crippen LogP) is -0.128. The summed E-state index contributed by atoms with van der Waals surface area (Å²) in [5, 5.41) is 48.1. The Morgan fingerprint density at radius 3 is 2.58 bits per heavy atom. The van der Waals surface area contributed by atoms with Crippen molar-refractivity contribution in [3.8, 4) is 11.5 Å². The Morgan fingerprint density at radius 1 is 1.27 bits per heavy atom. The predicted molar refractivity (Wildman–Crippen MR) is 90.5 cm³/mol. The van der Waals surface area contributed by atoms with E-state index in [1.54, 1.807) is 0 Å². The minimum Gasteiger partial charge on any atom is -0.504 e. The number of carbonyl (C=O) groups is 2. The molecule has 1 aromatic carbocycles. The Kier molecular flexibility index (Phi) is 6.13. The van der Waals surface area contributed by atoms with Crippen LogP contribution in [0.4, 0.5) is 0 Å². The highest BCUT2D eigenvalue weighted by molar-refractivity contribution is 7.75. The van der Waals surface area contributed by atoms with Gasteiger partial charge in [-0.1, -0.05) is 6.07 Å². The lowest BCUT2D eigenvalue weighted by atomic mass is 9.79. The summed E-state index contributed by atoms with van der Waals surface area (Å²) in [4.78, 5) is 23.0. The smallest absolute Gasteiger partial charge is 0.335 e. The van der Waals surface area contributed by atoms with Crippen LogP contribution in [-0.4, -0.2) is 61.4 Å². The van der Waals surface area contributed by atoms with Crippen LogP contribution in [0.2, 0.25) is 0 Å². The molecule has 1 saturated carbocycles. The number of aliphatic carboxylic acids is 1. The van der Waals surface area contributed by atoms with Gasteiger partial charge in [0.2, 0.25) is 0 Å². The van der Waals surface area contributed by atoms with Gasteiger partial charge >= 0.3 is 11.9 Å². The first-order valence-corrected chi connectivity index (χ1v) is 7.88. The number of carboxylic acids is 1. The van der Waals surface area contributed by atoms with Gasteiger partial charge in [-0.05, 0) is 23.8 Å². The van der Waals surface area contributed by atoms with E-state index in [4.69, 9.17) is 9.84 Å². The zero-order chi connectivity index (χ0) is 19.5. The minimum atomic E-state index is -2.30. The highest BCUT2D eigenvalue weighted by Gasteiger charge is 2.50. The standard InChI is InChI=1S/C16H18O9S/c17-9-3-1-8(5-11(9)25-26)2-4-13(19)24-12-7-16(23,15(21)22)6-10(18)14(12)20/h1-5,10,12,14,17-18,20,23,26H,6-7H2,(H,21,22)/b4-2-/t10-,12-,14-,16+/m1/s1. The summed E-state index contributed by atoms with van der Waals surface area (Å²) >= 11 is 3.58. The fraction of sp³-hybridized carbons (Fsp3) is 0.375. The lowest BCUT2D eigenvalue weighted by Gasteiger charge is -2.39. The Balaban J connectivity index is 2.07. The first-order chi connectivity index (χ1) is 12.2. The summed E-state index contributed by atoms with van der Waals surface area (Å²) in [5.41, 5.74) is -1.83. The molecule has 1 aliphatic rings. The Morgan fingerprint density at radius 2 is 1.96 bits per heavy atom. The van der Waals surface area contributed by atoms with Crippen molar-refractivity contribution < 1.29 is 44.0 Å². The van der Waals surface area contributed by atoms with Crippen LogP contribution in [0.5, 0.6) is 11.5 Å². The van der Waals surface area contributed by atoms with E-state index in [0.717, 1.165) is 6.08 Å². The molecule has 26 heavy (non-hydrogen) atoms. The van der Waals surface area contributed by atoms with Crippen LogP contribution in [0.15, 0.2) is 24.3 Å². The summed E-state index contributed by atoms with van der Waals surface area (Å²) in [5.74, 6) is -2.58. The molecule has 0 bridgehead atoms. The molecule has 0 unspecified atom stereocenters. The first kappa shape index (κ1) is 20.0.